The normalized spacial score (nSPS) is 37.9. The maximum atomic E-state index is 10.0. The third-order valence-electron chi connectivity index (χ3n) is 2.51. The highest BCUT2D eigenvalue weighted by molar-refractivity contribution is 5.24. The van der Waals surface area contributed by atoms with Crippen LogP contribution in [0, 0.1) is 12.3 Å². The van der Waals surface area contributed by atoms with E-state index in [9.17, 15) is 5.11 Å². The molecule has 0 aromatic carbocycles. The van der Waals surface area contributed by atoms with Crippen LogP contribution in [0.5, 0.6) is 0 Å². The lowest BCUT2D eigenvalue weighted by Gasteiger charge is -2.29. The molecule has 0 aromatic rings. The van der Waals surface area contributed by atoms with Crippen LogP contribution in [0.3, 0.4) is 0 Å². The van der Waals surface area contributed by atoms with E-state index >= 15 is 0 Å². The van der Waals surface area contributed by atoms with Crippen LogP contribution in [0.25, 0.3) is 0 Å². The Morgan fingerprint density at radius 2 is 2.31 bits per heavy atom. The van der Waals surface area contributed by atoms with Gasteiger partial charge in [-0.2, -0.15) is 0 Å². The van der Waals surface area contributed by atoms with E-state index in [0.29, 0.717) is 0 Å². The first-order valence-electron chi connectivity index (χ1n) is 4.87. The molecule has 16 heavy (non-hydrogen) atoms. The molecular formula is C12H16O4. The maximum Gasteiger partial charge on any atom is 0.188 e. The molecule has 1 fully saturated rings. The molecule has 1 aliphatic rings. The van der Waals surface area contributed by atoms with Crippen molar-refractivity contribution in [2.75, 3.05) is 13.7 Å². The Bertz CT molecular complexity index is 307. The molecule has 4 atom stereocenters. The summed E-state index contributed by atoms with van der Waals surface area (Å²) in [6, 6.07) is 0. The highest BCUT2D eigenvalue weighted by atomic mass is 16.7. The predicted octanol–water partition coefficient (Wildman–Crippen LogP) is 0.479. The van der Waals surface area contributed by atoms with Crippen molar-refractivity contribution in [2.45, 2.75) is 24.1 Å². The molecule has 1 rings (SSSR count). The lowest BCUT2D eigenvalue weighted by Crippen LogP contribution is -2.49. The Hall–Kier alpha value is -1.12. The lowest BCUT2D eigenvalue weighted by atomic mass is 9.93. The lowest BCUT2D eigenvalue weighted by molar-refractivity contribution is -0.145. The van der Waals surface area contributed by atoms with Crippen LogP contribution < -0.4 is 0 Å². The molecule has 0 aliphatic carbocycles. The molecule has 0 bridgehead atoms. The Labute approximate surface area is 95.5 Å². The fourth-order valence-corrected chi connectivity index (χ4v) is 1.68. The summed E-state index contributed by atoms with van der Waals surface area (Å²) in [5, 5.41) is 10.0. The predicted molar refractivity (Wildman–Crippen MR) is 59.6 cm³/mol. The number of hydrogen-bond acceptors (Lipinski definition) is 4. The van der Waals surface area contributed by atoms with Crippen molar-refractivity contribution in [3.8, 4) is 12.3 Å². The van der Waals surface area contributed by atoms with Gasteiger partial charge in [0.1, 0.15) is 12.2 Å². The minimum absolute atomic E-state index is 0.214. The molecular weight excluding hydrogens is 208 g/mol. The Morgan fingerprint density at radius 3 is 2.75 bits per heavy atom. The summed E-state index contributed by atoms with van der Waals surface area (Å²) in [6.45, 7) is 7.35. The van der Waals surface area contributed by atoms with Crippen LogP contribution >= 0.6 is 0 Å². The first-order valence-corrected chi connectivity index (χ1v) is 4.87. The molecule has 1 N–H and O–H groups in total. The minimum atomic E-state index is -1.27. The summed E-state index contributed by atoms with van der Waals surface area (Å²) in [4.78, 5) is 0. The number of hydrogen-bond donors (Lipinski definition) is 1. The number of rotatable bonds is 5. The van der Waals surface area contributed by atoms with E-state index in [0.717, 1.165) is 0 Å². The molecule has 0 aromatic heterocycles. The quantitative estimate of drug-likeness (QED) is 0.545. The van der Waals surface area contributed by atoms with Crippen molar-refractivity contribution in [1.82, 2.24) is 0 Å². The zero-order valence-corrected chi connectivity index (χ0v) is 9.26. The highest BCUT2D eigenvalue weighted by Gasteiger charge is 2.55. The van der Waals surface area contributed by atoms with E-state index in [1.807, 2.05) is 0 Å². The number of aliphatic hydroxyl groups is 1. The van der Waals surface area contributed by atoms with Gasteiger partial charge in [-0.05, 0) is 0 Å². The van der Waals surface area contributed by atoms with Gasteiger partial charge in [0, 0.05) is 7.11 Å². The third kappa shape index (κ3) is 1.91. The summed E-state index contributed by atoms with van der Waals surface area (Å²) in [7, 11) is 1.42. The molecule has 1 aliphatic heterocycles. The van der Waals surface area contributed by atoms with E-state index in [2.05, 4.69) is 19.1 Å². The second kappa shape index (κ2) is 5.28. The Morgan fingerprint density at radius 1 is 1.62 bits per heavy atom. The largest absolute Gasteiger partial charge is 0.384 e. The Kier molecular flexibility index (Phi) is 4.27. The zero-order chi connectivity index (χ0) is 12.2. The molecule has 1 heterocycles. The molecule has 0 amide bonds. The standard InChI is InChI=1S/C12H16O4/c1-5-8-15-12(7-3)9(6-2)16-11(14-4)10(12)13/h3,5-6,9-11,13H,1-2,8H2,4H3/t9-,10+,11+,12-/m1/s1. The van der Waals surface area contributed by atoms with Gasteiger partial charge >= 0.3 is 0 Å². The Balaban J connectivity index is 2.98. The second-order valence-corrected chi connectivity index (χ2v) is 3.38. The summed E-state index contributed by atoms with van der Waals surface area (Å²) in [5.41, 5.74) is -1.27. The van der Waals surface area contributed by atoms with Crippen LogP contribution in [0.4, 0.5) is 0 Å². The van der Waals surface area contributed by atoms with Gasteiger partial charge in [0.2, 0.25) is 0 Å². The highest BCUT2D eigenvalue weighted by Crippen LogP contribution is 2.35. The first-order chi connectivity index (χ1) is 7.66. The topological polar surface area (TPSA) is 47.9 Å². The van der Waals surface area contributed by atoms with Crippen LogP contribution in [0.15, 0.2) is 25.3 Å². The molecule has 88 valence electrons. The summed E-state index contributed by atoms with van der Waals surface area (Å²) in [5.74, 6) is 2.43. The van der Waals surface area contributed by atoms with Crippen LogP contribution in [0.1, 0.15) is 0 Å². The van der Waals surface area contributed by atoms with Gasteiger partial charge in [-0.1, -0.05) is 18.1 Å². The van der Waals surface area contributed by atoms with Gasteiger partial charge in [0.25, 0.3) is 0 Å². The molecule has 1 saturated heterocycles. The molecule has 4 heteroatoms. The molecule has 4 nitrogen and oxygen atoms in total. The smallest absolute Gasteiger partial charge is 0.188 e. The fraction of sp³-hybridized carbons (Fsp3) is 0.500. The van der Waals surface area contributed by atoms with Crippen molar-refractivity contribution >= 4 is 0 Å². The van der Waals surface area contributed by atoms with Crippen molar-refractivity contribution in [2.24, 2.45) is 0 Å². The fourth-order valence-electron chi connectivity index (χ4n) is 1.68. The summed E-state index contributed by atoms with van der Waals surface area (Å²) >= 11 is 0. The van der Waals surface area contributed by atoms with Crippen molar-refractivity contribution in [1.29, 1.82) is 0 Å². The number of terminal acetylenes is 1. The zero-order valence-electron chi connectivity index (χ0n) is 9.26. The van der Waals surface area contributed by atoms with Gasteiger partial charge in [-0.15, -0.1) is 19.6 Å². The third-order valence-corrected chi connectivity index (χ3v) is 2.51. The van der Waals surface area contributed by atoms with Crippen LogP contribution in [0.2, 0.25) is 0 Å². The first kappa shape index (κ1) is 12.9. The van der Waals surface area contributed by atoms with E-state index < -0.39 is 24.1 Å². The molecule has 0 unspecified atom stereocenters. The van der Waals surface area contributed by atoms with E-state index in [1.165, 1.54) is 13.2 Å². The second-order valence-electron chi connectivity index (χ2n) is 3.38. The summed E-state index contributed by atoms with van der Waals surface area (Å²) < 4.78 is 15.8. The number of methoxy groups -OCH3 is 1. The van der Waals surface area contributed by atoms with E-state index in [4.69, 9.17) is 20.6 Å². The van der Waals surface area contributed by atoms with Gasteiger partial charge in [-0.25, -0.2) is 0 Å². The van der Waals surface area contributed by atoms with E-state index in [-0.39, 0.29) is 6.61 Å². The molecule has 0 spiro atoms. The van der Waals surface area contributed by atoms with Crippen molar-refractivity contribution in [3.63, 3.8) is 0 Å². The average Bonchev–Trinajstić information content (AvgIpc) is 2.59. The van der Waals surface area contributed by atoms with Crippen molar-refractivity contribution < 1.29 is 19.3 Å². The van der Waals surface area contributed by atoms with Gasteiger partial charge in [0.05, 0.1) is 6.61 Å². The molecule has 0 saturated carbocycles. The summed E-state index contributed by atoms with van der Waals surface area (Å²) in [6.07, 6.45) is 5.98. The van der Waals surface area contributed by atoms with E-state index in [1.54, 1.807) is 6.08 Å². The van der Waals surface area contributed by atoms with Crippen LogP contribution in [-0.2, 0) is 14.2 Å². The monoisotopic (exact) mass is 224 g/mol. The SMILES string of the molecule is C#C[C@@]1(OCC=C)[C@@H](C=C)O[C@H](OC)[C@@H]1O. The van der Waals surface area contributed by atoms with Gasteiger partial charge in [-0.3, -0.25) is 0 Å². The average molecular weight is 224 g/mol. The van der Waals surface area contributed by atoms with Gasteiger partial charge < -0.3 is 19.3 Å². The molecule has 0 radical (unpaired) electrons. The maximum absolute atomic E-state index is 10.0. The number of ether oxygens (including phenoxy) is 3. The van der Waals surface area contributed by atoms with Gasteiger partial charge in [0.15, 0.2) is 11.9 Å². The van der Waals surface area contributed by atoms with Crippen LogP contribution in [-0.4, -0.2) is 42.9 Å². The number of aliphatic hydroxyl groups excluding tert-OH is 1. The minimum Gasteiger partial charge on any atom is -0.384 e. The van der Waals surface area contributed by atoms with Crippen molar-refractivity contribution in [3.05, 3.63) is 25.3 Å².